The van der Waals surface area contributed by atoms with E-state index in [1.807, 2.05) is 47.9 Å². The van der Waals surface area contributed by atoms with Gasteiger partial charge >= 0.3 is 0 Å². The van der Waals surface area contributed by atoms with E-state index >= 15 is 0 Å². The Hall–Kier alpha value is -2.82. The predicted octanol–water partition coefficient (Wildman–Crippen LogP) is 3.83. The first kappa shape index (κ1) is 18.0. The molecule has 1 aromatic heterocycles. The number of halogens is 1. The van der Waals surface area contributed by atoms with E-state index in [-0.39, 0.29) is 11.7 Å². The first-order valence-electron chi connectivity index (χ1n) is 7.68. The van der Waals surface area contributed by atoms with Gasteiger partial charge in [-0.25, -0.2) is 0 Å². The van der Waals surface area contributed by atoms with Crippen molar-refractivity contribution < 1.29 is 4.79 Å². The van der Waals surface area contributed by atoms with Crippen molar-refractivity contribution in [3.05, 3.63) is 64.9 Å². The summed E-state index contributed by atoms with van der Waals surface area (Å²) in [7, 11) is 0. The average molecular weight is 384 g/mol. The van der Waals surface area contributed by atoms with Crippen LogP contribution in [0.3, 0.4) is 0 Å². The summed E-state index contributed by atoms with van der Waals surface area (Å²) in [6.45, 7) is 1.86. The van der Waals surface area contributed by atoms with Crippen LogP contribution in [-0.4, -0.2) is 26.4 Å². The molecular weight excluding hydrogens is 370 g/mol. The lowest BCUT2D eigenvalue weighted by Crippen LogP contribution is -2.14. The molecule has 0 saturated heterocycles. The smallest absolute Gasteiger partial charge is 0.234 e. The van der Waals surface area contributed by atoms with Crippen LogP contribution in [0.25, 0.3) is 5.69 Å². The number of thioether (sulfide) groups is 1. The van der Waals surface area contributed by atoms with Crippen molar-refractivity contribution >= 4 is 35.0 Å². The SMILES string of the molecule is Cc1nnc(SCC(=O)Nc2ccc(C#N)c(Cl)c2)n1-c1ccccc1. The van der Waals surface area contributed by atoms with Crippen LogP contribution in [0.15, 0.2) is 53.7 Å². The number of nitrogens with one attached hydrogen (secondary N) is 1. The van der Waals surface area contributed by atoms with Crippen LogP contribution in [-0.2, 0) is 4.79 Å². The fourth-order valence-electron chi connectivity index (χ4n) is 2.32. The molecule has 1 amide bonds. The first-order chi connectivity index (χ1) is 12.6. The van der Waals surface area contributed by atoms with Crippen LogP contribution in [0.1, 0.15) is 11.4 Å². The standard InChI is InChI=1S/C18H14ClN5OS/c1-12-22-23-18(24(12)15-5-3-2-4-6-15)26-11-17(25)21-14-8-7-13(10-20)16(19)9-14/h2-9H,11H2,1H3,(H,21,25). The van der Waals surface area contributed by atoms with E-state index in [0.717, 1.165) is 11.5 Å². The van der Waals surface area contributed by atoms with Gasteiger partial charge in [-0.3, -0.25) is 9.36 Å². The Balaban J connectivity index is 1.68. The highest BCUT2D eigenvalue weighted by atomic mass is 35.5. The van der Waals surface area contributed by atoms with Gasteiger partial charge in [0.25, 0.3) is 0 Å². The largest absolute Gasteiger partial charge is 0.325 e. The number of hydrogen-bond donors (Lipinski definition) is 1. The maximum atomic E-state index is 12.2. The van der Waals surface area contributed by atoms with Crippen molar-refractivity contribution in [2.75, 3.05) is 11.1 Å². The topological polar surface area (TPSA) is 83.6 Å². The molecule has 6 nitrogen and oxygen atoms in total. The minimum absolute atomic E-state index is 0.169. The zero-order valence-electron chi connectivity index (χ0n) is 13.8. The van der Waals surface area contributed by atoms with Crippen LogP contribution in [0, 0.1) is 18.3 Å². The summed E-state index contributed by atoms with van der Waals surface area (Å²) in [6.07, 6.45) is 0. The molecule has 1 N–H and O–H groups in total. The number of para-hydroxylation sites is 1. The van der Waals surface area contributed by atoms with Gasteiger partial charge < -0.3 is 5.32 Å². The molecule has 0 atom stereocenters. The normalized spacial score (nSPS) is 10.3. The van der Waals surface area contributed by atoms with Crippen LogP contribution in [0.4, 0.5) is 5.69 Å². The molecular formula is C18H14ClN5OS. The van der Waals surface area contributed by atoms with Gasteiger partial charge in [0.2, 0.25) is 5.91 Å². The molecule has 8 heteroatoms. The fourth-order valence-corrected chi connectivity index (χ4v) is 3.34. The molecule has 0 spiro atoms. The Morgan fingerprint density at radius 1 is 1.27 bits per heavy atom. The van der Waals surface area contributed by atoms with Gasteiger partial charge in [-0.1, -0.05) is 41.6 Å². The molecule has 0 fully saturated rings. The summed E-state index contributed by atoms with van der Waals surface area (Å²) in [5.41, 5.74) is 1.85. The predicted molar refractivity (Wildman–Crippen MR) is 102 cm³/mol. The molecule has 0 bridgehead atoms. The van der Waals surface area contributed by atoms with Gasteiger partial charge in [-0.05, 0) is 37.3 Å². The lowest BCUT2D eigenvalue weighted by atomic mass is 10.2. The number of nitrogens with zero attached hydrogens (tertiary/aromatic N) is 4. The number of amides is 1. The van der Waals surface area contributed by atoms with Gasteiger partial charge in [-0.15, -0.1) is 10.2 Å². The zero-order valence-corrected chi connectivity index (χ0v) is 15.4. The summed E-state index contributed by atoms with van der Waals surface area (Å²) in [5.74, 6) is 0.719. The third-order valence-electron chi connectivity index (χ3n) is 3.52. The maximum Gasteiger partial charge on any atom is 0.234 e. The third kappa shape index (κ3) is 4.04. The van der Waals surface area contributed by atoms with Crippen molar-refractivity contribution in [3.8, 4) is 11.8 Å². The van der Waals surface area contributed by atoms with Crippen molar-refractivity contribution in [2.45, 2.75) is 12.1 Å². The van der Waals surface area contributed by atoms with Crippen molar-refractivity contribution in [2.24, 2.45) is 0 Å². The highest BCUT2D eigenvalue weighted by Gasteiger charge is 2.13. The van der Waals surface area contributed by atoms with Gasteiger partial charge in [0.15, 0.2) is 5.16 Å². The van der Waals surface area contributed by atoms with Crippen LogP contribution < -0.4 is 5.32 Å². The second kappa shape index (κ2) is 8.04. The van der Waals surface area contributed by atoms with Crippen LogP contribution in [0.5, 0.6) is 0 Å². The lowest BCUT2D eigenvalue weighted by molar-refractivity contribution is -0.113. The highest BCUT2D eigenvalue weighted by molar-refractivity contribution is 7.99. The Morgan fingerprint density at radius 2 is 2.04 bits per heavy atom. The minimum atomic E-state index is -0.198. The molecule has 2 aromatic carbocycles. The molecule has 0 unspecified atom stereocenters. The van der Waals surface area contributed by atoms with E-state index in [0.29, 0.717) is 21.4 Å². The molecule has 26 heavy (non-hydrogen) atoms. The monoisotopic (exact) mass is 383 g/mol. The summed E-state index contributed by atoms with van der Waals surface area (Å²) in [6, 6.07) is 16.5. The van der Waals surface area contributed by atoms with Crippen molar-refractivity contribution in [1.29, 1.82) is 5.26 Å². The van der Waals surface area contributed by atoms with E-state index in [9.17, 15) is 4.79 Å². The van der Waals surface area contributed by atoms with E-state index in [2.05, 4.69) is 15.5 Å². The molecule has 0 aliphatic heterocycles. The van der Waals surface area contributed by atoms with E-state index in [4.69, 9.17) is 16.9 Å². The van der Waals surface area contributed by atoms with Gasteiger partial charge in [-0.2, -0.15) is 5.26 Å². The maximum absolute atomic E-state index is 12.2. The number of benzene rings is 2. The highest BCUT2D eigenvalue weighted by Crippen LogP contribution is 2.23. The van der Waals surface area contributed by atoms with E-state index in [1.54, 1.807) is 18.2 Å². The number of rotatable bonds is 5. The fraction of sp³-hybridized carbons (Fsp3) is 0.111. The summed E-state index contributed by atoms with van der Waals surface area (Å²) >= 11 is 7.27. The van der Waals surface area contributed by atoms with Gasteiger partial charge in [0.05, 0.1) is 16.3 Å². The van der Waals surface area contributed by atoms with Crippen LogP contribution >= 0.6 is 23.4 Å². The Kier molecular flexibility index (Phi) is 5.56. The van der Waals surface area contributed by atoms with Gasteiger partial charge in [0, 0.05) is 11.4 Å². The lowest BCUT2D eigenvalue weighted by Gasteiger charge is -2.09. The van der Waals surface area contributed by atoms with Crippen molar-refractivity contribution in [3.63, 3.8) is 0 Å². The summed E-state index contributed by atoms with van der Waals surface area (Å²) < 4.78 is 1.90. The number of anilines is 1. The average Bonchev–Trinajstić information content (AvgIpc) is 3.01. The quantitative estimate of drug-likeness (QED) is 0.677. The molecule has 0 aliphatic carbocycles. The molecule has 1 heterocycles. The Morgan fingerprint density at radius 3 is 2.73 bits per heavy atom. The molecule has 130 valence electrons. The molecule has 3 rings (SSSR count). The Bertz CT molecular complexity index is 981. The minimum Gasteiger partial charge on any atom is -0.325 e. The molecule has 0 saturated carbocycles. The number of hydrogen-bond acceptors (Lipinski definition) is 5. The second-order valence-corrected chi connectivity index (χ2v) is 6.69. The first-order valence-corrected chi connectivity index (χ1v) is 9.04. The summed E-state index contributed by atoms with van der Waals surface area (Å²) in [4.78, 5) is 12.2. The van der Waals surface area contributed by atoms with Gasteiger partial charge in [0.1, 0.15) is 11.9 Å². The molecule has 0 radical (unpaired) electrons. The zero-order chi connectivity index (χ0) is 18.5. The second-order valence-electron chi connectivity index (χ2n) is 5.34. The summed E-state index contributed by atoms with van der Waals surface area (Å²) in [5, 5.41) is 20.8. The van der Waals surface area contributed by atoms with Crippen LogP contribution in [0.2, 0.25) is 5.02 Å². The van der Waals surface area contributed by atoms with E-state index in [1.165, 1.54) is 11.8 Å². The number of aryl methyl sites for hydroxylation is 1. The number of carbonyl (C=O) groups is 1. The number of aromatic nitrogens is 3. The third-order valence-corrected chi connectivity index (χ3v) is 4.76. The van der Waals surface area contributed by atoms with E-state index < -0.39 is 0 Å². The number of carbonyl (C=O) groups excluding carboxylic acids is 1. The molecule has 3 aromatic rings. The number of nitriles is 1. The molecule has 0 aliphatic rings. The van der Waals surface area contributed by atoms with Crippen molar-refractivity contribution in [1.82, 2.24) is 14.8 Å². The Labute approximate surface area is 159 Å².